The molecule has 3 rings (SSSR count). The summed E-state index contributed by atoms with van der Waals surface area (Å²) in [6.07, 6.45) is 2.41. The van der Waals surface area contributed by atoms with Gasteiger partial charge in [-0.2, -0.15) is 4.98 Å². The Kier molecular flexibility index (Phi) is 4.24. The van der Waals surface area contributed by atoms with Crippen molar-refractivity contribution >= 4 is 11.6 Å². The Bertz CT molecular complexity index is 611. The fourth-order valence-corrected chi connectivity index (χ4v) is 2.88. The van der Waals surface area contributed by atoms with E-state index in [9.17, 15) is 0 Å². The van der Waals surface area contributed by atoms with Gasteiger partial charge in [-0.05, 0) is 31.4 Å². The topological polar surface area (TPSA) is 68.2 Å². The van der Waals surface area contributed by atoms with E-state index >= 15 is 0 Å². The highest BCUT2D eigenvalue weighted by Crippen LogP contribution is 2.37. The molecule has 1 fully saturated rings. The second kappa shape index (κ2) is 6.13. The van der Waals surface area contributed by atoms with Crippen molar-refractivity contribution in [1.29, 1.82) is 0 Å². The molecule has 0 spiro atoms. The Morgan fingerprint density at radius 1 is 1.43 bits per heavy atom. The SMILES string of the molecule is CC(c1ccccc1Cl)N(Cc1noc(CN)n1)C1CC1. The third kappa shape index (κ3) is 3.26. The summed E-state index contributed by atoms with van der Waals surface area (Å²) in [6, 6.07) is 8.75. The van der Waals surface area contributed by atoms with Crippen molar-refractivity contribution in [2.24, 2.45) is 5.73 Å². The van der Waals surface area contributed by atoms with Crippen LogP contribution in [0.15, 0.2) is 28.8 Å². The first kappa shape index (κ1) is 14.5. The predicted octanol–water partition coefficient (Wildman–Crippen LogP) is 2.91. The first-order valence-corrected chi connectivity index (χ1v) is 7.58. The quantitative estimate of drug-likeness (QED) is 0.888. The Balaban J connectivity index is 1.79. The zero-order valence-electron chi connectivity index (χ0n) is 12.0. The van der Waals surface area contributed by atoms with Gasteiger partial charge in [-0.3, -0.25) is 4.90 Å². The van der Waals surface area contributed by atoms with Gasteiger partial charge in [0.05, 0.1) is 13.1 Å². The molecule has 1 aromatic carbocycles. The molecule has 1 aliphatic carbocycles. The molecule has 112 valence electrons. The summed E-state index contributed by atoms with van der Waals surface area (Å²) < 4.78 is 5.09. The monoisotopic (exact) mass is 306 g/mol. The molecule has 1 atom stereocenters. The van der Waals surface area contributed by atoms with Crippen molar-refractivity contribution < 1.29 is 4.52 Å². The summed E-state index contributed by atoms with van der Waals surface area (Å²) in [4.78, 5) is 6.68. The third-order valence-electron chi connectivity index (χ3n) is 3.88. The zero-order valence-corrected chi connectivity index (χ0v) is 12.8. The molecule has 0 aliphatic heterocycles. The standard InChI is InChI=1S/C15H19ClN4O/c1-10(12-4-2-3-5-13(12)16)20(11-6-7-11)9-14-18-15(8-17)21-19-14/h2-5,10-11H,6-9,17H2,1H3. The van der Waals surface area contributed by atoms with E-state index in [2.05, 4.69) is 28.0 Å². The van der Waals surface area contributed by atoms with Gasteiger partial charge in [0.1, 0.15) is 0 Å². The van der Waals surface area contributed by atoms with E-state index in [0.29, 0.717) is 24.3 Å². The summed E-state index contributed by atoms with van der Waals surface area (Å²) in [5.41, 5.74) is 6.64. The maximum Gasteiger partial charge on any atom is 0.240 e. The normalized spacial score (nSPS) is 16.4. The molecule has 2 N–H and O–H groups in total. The second-order valence-corrected chi connectivity index (χ2v) is 5.82. The lowest BCUT2D eigenvalue weighted by molar-refractivity contribution is 0.183. The fourth-order valence-electron chi connectivity index (χ4n) is 2.58. The van der Waals surface area contributed by atoms with Crippen LogP contribution in [-0.4, -0.2) is 21.1 Å². The summed E-state index contributed by atoms with van der Waals surface area (Å²) in [5, 5.41) is 4.79. The molecule has 6 heteroatoms. The van der Waals surface area contributed by atoms with Gasteiger partial charge in [0.25, 0.3) is 0 Å². The molecule has 1 unspecified atom stereocenters. The van der Waals surface area contributed by atoms with Crippen LogP contribution in [0.1, 0.15) is 43.1 Å². The molecule has 0 amide bonds. The maximum atomic E-state index is 6.32. The number of hydrogen-bond donors (Lipinski definition) is 1. The summed E-state index contributed by atoms with van der Waals surface area (Å²) >= 11 is 6.32. The van der Waals surface area contributed by atoms with Gasteiger partial charge < -0.3 is 10.3 Å². The van der Waals surface area contributed by atoms with Crippen molar-refractivity contribution in [3.05, 3.63) is 46.6 Å². The van der Waals surface area contributed by atoms with E-state index in [1.807, 2.05) is 18.2 Å². The van der Waals surface area contributed by atoms with Crippen molar-refractivity contribution in [1.82, 2.24) is 15.0 Å². The smallest absolute Gasteiger partial charge is 0.240 e. The Hall–Kier alpha value is -1.43. The minimum absolute atomic E-state index is 0.214. The number of halogens is 1. The summed E-state index contributed by atoms with van der Waals surface area (Å²) in [5.74, 6) is 1.16. The molecule has 2 aromatic rings. The van der Waals surface area contributed by atoms with Gasteiger partial charge in [0.15, 0.2) is 5.82 Å². The van der Waals surface area contributed by atoms with Crippen LogP contribution in [0.2, 0.25) is 5.02 Å². The molecule has 0 saturated heterocycles. The van der Waals surface area contributed by atoms with Crippen molar-refractivity contribution in [2.75, 3.05) is 0 Å². The van der Waals surface area contributed by atoms with E-state index in [4.69, 9.17) is 21.9 Å². The molecular weight excluding hydrogens is 288 g/mol. The van der Waals surface area contributed by atoms with Gasteiger partial charge in [0, 0.05) is 17.1 Å². The molecule has 5 nitrogen and oxygen atoms in total. The van der Waals surface area contributed by atoms with Crippen LogP contribution < -0.4 is 5.73 Å². The Labute approximate surface area is 129 Å². The molecule has 1 saturated carbocycles. The van der Waals surface area contributed by atoms with Crippen molar-refractivity contribution in [3.63, 3.8) is 0 Å². The molecule has 1 aliphatic rings. The Morgan fingerprint density at radius 2 is 2.19 bits per heavy atom. The average molecular weight is 307 g/mol. The lowest BCUT2D eigenvalue weighted by Gasteiger charge is -2.28. The largest absolute Gasteiger partial charge is 0.338 e. The maximum absolute atomic E-state index is 6.32. The first-order chi connectivity index (χ1) is 10.2. The Morgan fingerprint density at radius 3 is 2.81 bits per heavy atom. The van der Waals surface area contributed by atoms with Gasteiger partial charge in [-0.25, -0.2) is 0 Å². The van der Waals surface area contributed by atoms with Crippen LogP contribution in [0.5, 0.6) is 0 Å². The van der Waals surface area contributed by atoms with Gasteiger partial charge in [0.2, 0.25) is 5.89 Å². The van der Waals surface area contributed by atoms with E-state index in [1.165, 1.54) is 12.8 Å². The fraction of sp³-hybridized carbons (Fsp3) is 0.467. The van der Waals surface area contributed by atoms with Crippen LogP contribution in [0.25, 0.3) is 0 Å². The molecule has 0 radical (unpaired) electrons. The highest BCUT2D eigenvalue weighted by atomic mass is 35.5. The van der Waals surface area contributed by atoms with Gasteiger partial charge in [-0.1, -0.05) is 35.0 Å². The molecule has 21 heavy (non-hydrogen) atoms. The minimum Gasteiger partial charge on any atom is -0.338 e. The van der Waals surface area contributed by atoms with Gasteiger partial charge >= 0.3 is 0 Å². The highest BCUT2D eigenvalue weighted by molar-refractivity contribution is 6.31. The van der Waals surface area contributed by atoms with E-state index in [0.717, 1.165) is 10.6 Å². The molecule has 1 aromatic heterocycles. The number of benzene rings is 1. The minimum atomic E-state index is 0.214. The molecular formula is C15H19ClN4O. The average Bonchev–Trinajstić information content (AvgIpc) is 3.23. The number of aromatic nitrogens is 2. The third-order valence-corrected chi connectivity index (χ3v) is 4.22. The number of hydrogen-bond acceptors (Lipinski definition) is 5. The van der Waals surface area contributed by atoms with Crippen LogP contribution in [-0.2, 0) is 13.1 Å². The van der Waals surface area contributed by atoms with E-state index < -0.39 is 0 Å². The van der Waals surface area contributed by atoms with Crippen LogP contribution in [0.4, 0.5) is 0 Å². The predicted molar refractivity (Wildman–Crippen MR) is 80.6 cm³/mol. The number of nitrogens with two attached hydrogens (primary N) is 1. The van der Waals surface area contributed by atoms with Crippen molar-refractivity contribution in [3.8, 4) is 0 Å². The lowest BCUT2D eigenvalue weighted by Crippen LogP contribution is -2.29. The first-order valence-electron chi connectivity index (χ1n) is 7.20. The number of rotatable bonds is 6. The van der Waals surface area contributed by atoms with E-state index in [1.54, 1.807) is 0 Å². The van der Waals surface area contributed by atoms with Crippen LogP contribution >= 0.6 is 11.6 Å². The summed E-state index contributed by atoms with van der Waals surface area (Å²) in [7, 11) is 0. The lowest BCUT2D eigenvalue weighted by atomic mass is 10.1. The van der Waals surface area contributed by atoms with Crippen LogP contribution in [0, 0.1) is 0 Å². The second-order valence-electron chi connectivity index (χ2n) is 5.41. The zero-order chi connectivity index (χ0) is 14.8. The summed E-state index contributed by atoms with van der Waals surface area (Å²) in [6.45, 7) is 3.10. The number of nitrogens with zero attached hydrogens (tertiary/aromatic N) is 3. The van der Waals surface area contributed by atoms with E-state index in [-0.39, 0.29) is 12.6 Å². The van der Waals surface area contributed by atoms with Gasteiger partial charge in [-0.15, -0.1) is 0 Å². The van der Waals surface area contributed by atoms with Crippen molar-refractivity contribution in [2.45, 2.75) is 44.9 Å². The molecule has 1 heterocycles. The highest BCUT2D eigenvalue weighted by Gasteiger charge is 2.34. The molecule has 0 bridgehead atoms. The van der Waals surface area contributed by atoms with Crippen LogP contribution in [0.3, 0.4) is 0 Å².